The summed E-state index contributed by atoms with van der Waals surface area (Å²) in [5.74, 6) is 2.34. The molecule has 4 heteroatoms. The summed E-state index contributed by atoms with van der Waals surface area (Å²) in [7, 11) is 0. The summed E-state index contributed by atoms with van der Waals surface area (Å²) in [4.78, 5) is 4.63. The normalized spacial score (nSPS) is 18.5. The van der Waals surface area contributed by atoms with Gasteiger partial charge in [-0.1, -0.05) is 51.0 Å². The van der Waals surface area contributed by atoms with Gasteiger partial charge in [0.1, 0.15) is 0 Å². The molecule has 1 aromatic heterocycles. The number of aromatic nitrogens is 1. The average molecular weight is 384 g/mol. The number of benzene rings is 1. The van der Waals surface area contributed by atoms with Crippen molar-refractivity contribution < 1.29 is 14.6 Å². The Balaban J connectivity index is 1.74. The molecule has 2 aromatic rings. The summed E-state index contributed by atoms with van der Waals surface area (Å²) in [6.07, 6.45) is 6.40. The topological polar surface area (TPSA) is 51.6 Å². The molecule has 0 unspecified atom stereocenters. The van der Waals surface area contributed by atoms with Crippen molar-refractivity contribution in [2.24, 2.45) is 5.92 Å². The van der Waals surface area contributed by atoms with E-state index < -0.39 is 0 Å². The van der Waals surface area contributed by atoms with Crippen LogP contribution in [0.1, 0.15) is 63.9 Å². The Bertz CT molecular complexity index is 723. The molecule has 0 radical (unpaired) electrons. The number of unbranched alkanes of at least 4 members (excludes halogenated alkanes) is 2. The SMILES string of the molecule is CCCCOc1ccc(-c2ccc(C3CC(CO)C3)cc2)c(OCCCC)n1. The standard InChI is InChI=1S/C24H33NO3/c1-3-5-13-27-23-12-11-22(24(25-23)28-14-6-4-2)20-9-7-19(8-10-20)21-15-18(16-21)17-26/h7-12,18,21,26H,3-6,13-17H2,1-2H3. The van der Waals surface area contributed by atoms with Crippen LogP contribution in [-0.2, 0) is 0 Å². The van der Waals surface area contributed by atoms with Crippen molar-refractivity contribution in [2.45, 2.75) is 58.3 Å². The van der Waals surface area contributed by atoms with Crippen LogP contribution < -0.4 is 9.47 Å². The first-order chi connectivity index (χ1) is 13.7. The van der Waals surface area contributed by atoms with E-state index in [-0.39, 0.29) is 0 Å². The van der Waals surface area contributed by atoms with E-state index >= 15 is 0 Å². The van der Waals surface area contributed by atoms with Gasteiger partial charge in [0.05, 0.1) is 13.2 Å². The van der Waals surface area contributed by atoms with Crippen molar-refractivity contribution in [2.75, 3.05) is 19.8 Å². The molecule has 152 valence electrons. The van der Waals surface area contributed by atoms with Crippen molar-refractivity contribution in [3.8, 4) is 22.9 Å². The van der Waals surface area contributed by atoms with E-state index in [9.17, 15) is 5.11 Å². The summed E-state index contributed by atoms with van der Waals surface area (Å²) in [6, 6.07) is 12.7. The third kappa shape index (κ3) is 5.26. The first-order valence-electron chi connectivity index (χ1n) is 10.7. The van der Waals surface area contributed by atoms with E-state index in [1.165, 1.54) is 5.56 Å². The van der Waals surface area contributed by atoms with Crippen LogP contribution in [0.2, 0.25) is 0 Å². The van der Waals surface area contributed by atoms with Crippen LogP contribution in [0.4, 0.5) is 0 Å². The van der Waals surface area contributed by atoms with E-state index in [1.54, 1.807) is 0 Å². The van der Waals surface area contributed by atoms with Crippen LogP contribution in [0.3, 0.4) is 0 Å². The summed E-state index contributed by atoms with van der Waals surface area (Å²) in [5, 5.41) is 9.22. The monoisotopic (exact) mass is 383 g/mol. The van der Waals surface area contributed by atoms with Gasteiger partial charge >= 0.3 is 0 Å². The lowest BCUT2D eigenvalue weighted by Gasteiger charge is -2.34. The second-order valence-corrected chi connectivity index (χ2v) is 7.75. The Labute approximate surface area is 168 Å². The lowest BCUT2D eigenvalue weighted by Crippen LogP contribution is -2.24. The molecule has 1 aromatic carbocycles. The Hall–Kier alpha value is -2.07. The molecule has 0 bridgehead atoms. The van der Waals surface area contributed by atoms with Gasteiger partial charge in [0, 0.05) is 18.2 Å². The minimum Gasteiger partial charge on any atom is -0.478 e. The highest BCUT2D eigenvalue weighted by Gasteiger charge is 2.29. The van der Waals surface area contributed by atoms with Crippen molar-refractivity contribution in [1.82, 2.24) is 4.98 Å². The summed E-state index contributed by atoms with van der Waals surface area (Å²) < 4.78 is 11.8. The highest BCUT2D eigenvalue weighted by molar-refractivity contribution is 5.69. The predicted molar refractivity (Wildman–Crippen MR) is 113 cm³/mol. The number of rotatable bonds is 11. The highest BCUT2D eigenvalue weighted by atomic mass is 16.5. The molecule has 0 aliphatic heterocycles. The van der Waals surface area contributed by atoms with E-state index in [0.29, 0.717) is 43.4 Å². The molecule has 1 aliphatic rings. The van der Waals surface area contributed by atoms with Crippen molar-refractivity contribution in [3.05, 3.63) is 42.0 Å². The minimum atomic E-state index is 0.311. The molecule has 0 spiro atoms. The molecule has 1 fully saturated rings. The first kappa shape index (κ1) is 20.7. The van der Waals surface area contributed by atoms with Gasteiger partial charge in [-0.2, -0.15) is 4.98 Å². The molecule has 1 heterocycles. The van der Waals surface area contributed by atoms with Gasteiger partial charge in [-0.3, -0.25) is 0 Å². The fraction of sp³-hybridized carbons (Fsp3) is 0.542. The zero-order chi connectivity index (χ0) is 19.8. The lowest BCUT2D eigenvalue weighted by atomic mass is 9.72. The van der Waals surface area contributed by atoms with Crippen LogP contribution in [-0.4, -0.2) is 29.9 Å². The number of aliphatic hydroxyl groups excluding tert-OH is 1. The minimum absolute atomic E-state index is 0.311. The molecule has 3 rings (SSSR count). The van der Waals surface area contributed by atoms with Crippen molar-refractivity contribution in [3.63, 3.8) is 0 Å². The van der Waals surface area contributed by atoms with Crippen LogP contribution >= 0.6 is 0 Å². The summed E-state index contributed by atoms with van der Waals surface area (Å²) in [5.41, 5.74) is 3.47. The van der Waals surface area contributed by atoms with Gasteiger partial charge in [0.25, 0.3) is 0 Å². The number of hydrogen-bond donors (Lipinski definition) is 1. The van der Waals surface area contributed by atoms with Crippen LogP contribution in [0.5, 0.6) is 11.8 Å². The maximum atomic E-state index is 9.22. The van der Waals surface area contributed by atoms with Crippen LogP contribution in [0, 0.1) is 5.92 Å². The smallest absolute Gasteiger partial charge is 0.224 e. The third-order valence-electron chi connectivity index (χ3n) is 5.51. The second kappa shape index (κ2) is 10.5. The number of ether oxygens (including phenoxy) is 2. The fourth-order valence-corrected chi connectivity index (χ4v) is 3.56. The fourth-order valence-electron chi connectivity index (χ4n) is 3.56. The van der Waals surface area contributed by atoms with Crippen molar-refractivity contribution in [1.29, 1.82) is 0 Å². The summed E-state index contributed by atoms with van der Waals surface area (Å²) >= 11 is 0. The molecular formula is C24H33NO3. The number of hydrogen-bond acceptors (Lipinski definition) is 4. The largest absolute Gasteiger partial charge is 0.478 e. The molecule has 1 N–H and O–H groups in total. The zero-order valence-electron chi connectivity index (χ0n) is 17.2. The molecule has 0 saturated heterocycles. The zero-order valence-corrected chi connectivity index (χ0v) is 17.2. The highest BCUT2D eigenvalue weighted by Crippen LogP contribution is 2.42. The van der Waals surface area contributed by atoms with Gasteiger partial charge in [-0.15, -0.1) is 0 Å². The molecular weight excluding hydrogens is 350 g/mol. The second-order valence-electron chi connectivity index (χ2n) is 7.75. The number of pyridine rings is 1. The molecule has 0 amide bonds. The number of nitrogens with zero attached hydrogens (tertiary/aromatic N) is 1. The maximum Gasteiger partial charge on any atom is 0.224 e. The molecule has 0 atom stereocenters. The van der Waals surface area contributed by atoms with Gasteiger partial charge in [0.2, 0.25) is 11.8 Å². The van der Waals surface area contributed by atoms with Gasteiger partial charge in [-0.05, 0) is 54.7 Å². The van der Waals surface area contributed by atoms with Crippen LogP contribution in [0.15, 0.2) is 36.4 Å². The average Bonchev–Trinajstić information content (AvgIpc) is 2.68. The lowest BCUT2D eigenvalue weighted by molar-refractivity contribution is 0.142. The molecule has 1 aliphatic carbocycles. The van der Waals surface area contributed by atoms with E-state index in [0.717, 1.165) is 49.7 Å². The van der Waals surface area contributed by atoms with Gasteiger partial charge in [0.15, 0.2) is 0 Å². The number of aliphatic hydroxyl groups is 1. The first-order valence-corrected chi connectivity index (χ1v) is 10.7. The molecule has 28 heavy (non-hydrogen) atoms. The van der Waals surface area contributed by atoms with Crippen molar-refractivity contribution >= 4 is 0 Å². The summed E-state index contributed by atoms with van der Waals surface area (Å²) in [6.45, 7) is 5.96. The molecule has 4 nitrogen and oxygen atoms in total. The van der Waals surface area contributed by atoms with E-state index in [1.807, 2.05) is 6.07 Å². The third-order valence-corrected chi connectivity index (χ3v) is 5.51. The Morgan fingerprint density at radius 1 is 0.929 bits per heavy atom. The van der Waals surface area contributed by atoms with E-state index in [4.69, 9.17) is 9.47 Å². The Morgan fingerprint density at radius 3 is 2.25 bits per heavy atom. The van der Waals surface area contributed by atoms with Gasteiger partial charge < -0.3 is 14.6 Å². The van der Waals surface area contributed by atoms with E-state index in [2.05, 4.69) is 49.2 Å². The van der Waals surface area contributed by atoms with Gasteiger partial charge in [-0.25, -0.2) is 0 Å². The Morgan fingerprint density at radius 2 is 1.61 bits per heavy atom. The predicted octanol–water partition coefficient (Wildman–Crippen LogP) is 5.59. The maximum absolute atomic E-state index is 9.22. The Kier molecular flexibility index (Phi) is 7.72. The van der Waals surface area contributed by atoms with Crippen LogP contribution in [0.25, 0.3) is 11.1 Å². The quantitative estimate of drug-likeness (QED) is 0.514. The molecule has 1 saturated carbocycles.